The summed E-state index contributed by atoms with van der Waals surface area (Å²) >= 11 is 0. The summed E-state index contributed by atoms with van der Waals surface area (Å²) in [5.74, 6) is 0.245. The van der Waals surface area contributed by atoms with E-state index in [0.717, 1.165) is 10.8 Å². The molecule has 10 nitrogen and oxygen atoms in total. The SMILES string of the molecule is O=C(Nc1nc2cccc(C(=O)Nc3ncc[nH]3)c2[nH]1)Oc1cc2ccccc2cn1. The van der Waals surface area contributed by atoms with E-state index in [2.05, 4.69) is 35.6 Å². The van der Waals surface area contributed by atoms with Gasteiger partial charge in [-0.25, -0.2) is 19.7 Å². The van der Waals surface area contributed by atoms with E-state index < -0.39 is 6.09 Å². The Balaban J connectivity index is 1.34. The minimum Gasteiger partial charge on any atom is -0.391 e. The van der Waals surface area contributed by atoms with Gasteiger partial charge in [-0.2, -0.15) is 0 Å². The molecule has 0 unspecified atom stereocenters. The van der Waals surface area contributed by atoms with Crippen LogP contribution in [0, 0.1) is 0 Å². The van der Waals surface area contributed by atoms with Crippen molar-refractivity contribution in [1.29, 1.82) is 0 Å². The Hall–Kier alpha value is -4.73. The first-order chi connectivity index (χ1) is 15.2. The van der Waals surface area contributed by atoms with E-state index >= 15 is 0 Å². The Morgan fingerprint density at radius 1 is 0.935 bits per heavy atom. The molecule has 0 spiro atoms. The van der Waals surface area contributed by atoms with Gasteiger partial charge in [0, 0.05) is 30.0 Å². The second kappa shape index (κ2) is 7.59. The Morgan fingerprint density at radius 2 is 1.81 bits per heavy atom. The normalized spacial score (nSPS) is 10.8. The first-order valence-corrected chi connectivity index (χ1v) is 9.29. The maximum Gasteiger partial charge on any atom is 0.420 e. The number of ether oxygens (including phenoxy) is 1. The highest BCUT2D eigenvalue weighted by atomic mass is 16.6. The number of benzene rings is 2. The van der Waals surface area contributed by atoms with Crippen LogP contribution >= 0.6 is 0 Å². The highest BCUT2D eigenvalue weighted by Gasteiger charge is 2.16. The predicted molar refractivity (Wildman–Crippen MR) is 114 cm³/mol. The molecule has 152 valence electrons. The first-order valence-electron chi connectivity index (χ1n) is 9.29. The molecule has 0 aliphatic rings. The van der Waals surface area contributed by atoms with Gasteiger partial charge in [-0.05, 0) is 17.5 Å². The van der Waals surface area contributed by atoms with Crippen molar-refractivity contribution >= 4 is 45.7 Å². The van der Waals surface area contributed by atoms with Crippen LogP contribution in [-0.4, -0.2) is 36.9 Å². The van der Waals surface area contributed by atoms with Crippen molar-refractivity contribution in [2.45, 2.75) is 0 Å². The number of carbonyl (C=O) groups is 2. The average molecular weight is 413 g/mol. The zero-order valence-electron chi connectivity index (χ0n) is 15.9. The minimum atomic E-state index is -0.761. The molecular weight excluding hydrogens is 398 g/mol. The smallest absolute Gasteiger partial charge is 0.391 e. The molecule has 10 heteroatoms. The zero-order valence-corrected chi connectivity index (χ0v) is 15.9. The van der Waals surface area contributed by atoms with E-state index in [9.17, 15) is 9.59 Å². The molecule has 3 heterocycles. The van der Waals surface area contributed by atoms with Crippen molar-refractivity contribution < 1.29 is 14.3 Å². The van der Waals surface area contributed by atoms with Crippen molar-refractivity contribution in [3.8, 4) is 5.88 Å². The third-order valence-electron chi connectivity index (χ3n) is 4.52. The maximum atomic E-state index is 12.6. The number of nitrogens with zero attached hydrogens (tertiary/aromatic N) is 3. The zero-order chi connectivity index (χ0) is 21.2. The molecule has 0 fully saturated rings. The van der Waals surface area contributed by atoms with E-state index in [0.29, 0.717) is 22.5 Å². The summed E-state index contributed by atoms with van der Waals surface area (Å²) in [6, 6.07) is 14.3. The standard InChI is InChI=1S/C21H15N7O3/c29-18(27-19-22-8-9-23-19)14-6-3-7-15-17(14)26-20(25-15)28-21(30)31-16-10-12-4-1-2-5-13(12)11-24-16/h1-11H,(H2,22,23,27,29)(H2,25,26,28,30). The number of rotatable bonds is 4. The van der Waals surface area contributed by atoms with Gasteiger partial charge in [-0.15, -0.1) is 0 Å². The van der Waals surface area contributed by atoms with Gasteiger partial charge in [-0.3, -0.25) is 15.4 Å². The monoisotopic (exact) mass is 413 g/mol. The Bertz CT molecular complexity index is 1410. The van der Waals surface area contributed by atoms with E-state index in [4.69, 9.17) is 4.74 Å². The lowest BCUT2D eigenvalue weighted by atomic mass is 10.2. The molecule has 3 aromatic heterocycles. The van der Waals surface area contributed by atoms with E-state index in [1.807, 2.05) is 24.3 Å². The van der Waals surface area contributed by atoms with E-state index in [-0.39, 0.29) is 17.7 Å². The van der Waals surface area contributed by atoms with Gasteiger partial charge in [0.25, 0.3) is 5.91 Å². The van der Waals surface area contributed by atoms with Gasteiger partial charge in [0.05, 0.1) is 16.6 Å². The maximum absolute atomic E-state index is 12.6. The quantitative estimate of drug-likeness (QED) is 0.354. The lowest BCUT2D eigenvalue weighted by molar-refractivity contribution is 0.102. The summed E-state index contributed by atoms with van der Waals surface area (Å²) in [7, 11) is 0. The van der Waals surface area contributed by atoms with Crippen molar-refractivity contribution in [2.75, 3.05) is 10.6 Å². The highest BCUT2D eigenvalue weighted by Crippen LogP contribution is 2.21. The number of H-pyrrole nitrogens is 2. The van der Waals surface area contributed by atoms with Crippen molar-refractivity contribution in [2.24, 2.45) is 0 Å². The molecule has 0 bridgehead atoms. The lowest BCUT2D eigenvalue weighted by Gasteiger charge is -2.05. The summed E-state index contributed by atoms with van der Waals surface area (Å²) in [4.78, 5) is 43.0. The molecule has 0 aliphatic heterocycles. The van der Waals surface area contributed by atoms with Crippen LogP contribution in [0.15, 0.2) is 67.1 Å². The van der Waals surface area contributed by atoms with Crippen molar-refractivity contribution in [3.05, 3.63) is 72.7 Å². The van der Waals surface area contributed by atoms with Crippen LogP contribution in [0.3, 0.4) is 0 Å². The molecule has 0 aliphatic carbocycles. The van der Waals surface area contributed by atoms with Gasteiger partial charge in [-0.1, -0.05) is 30.3 Å². The second-order valence-corrected chi connectivity index (χ2v) is 6.56. The molecule has 5 aromatic rings. The predicted octanol–water partition coefficient (Wildman–Crippen LogP) is 3.70. The summed E-state index contributed by atoms with van der Waals surface area (Å²) < 4.78 is 5.26. The Labute approximate surface area is 174 Å². The summed E-state index contributed by atoms with van der Waals surface area (Å²) in [5, 5.41) is 7.01. The molecule has 31 heavy (non-hydrogen) atoms. The van der Waals surface area contributed by atoms with E-state index in [1.54, 1.807) is 36.7 Å². The van der Waals surface area contributed by atoms with Crippen LogP contribution in [0.2, 0.25) is 0 Å². The number of nitrogens with one attached hydrogen (secondary N) is 4. The number of hydrogen-bond acceptors (Lipinski definition) is 6. The van der Waals surface area contributed by atoms with Crippen molar-refractivity contribution in [1.82, 2.24) is 24.9 Å². The third kappa shape index (κ3) is 3.77. The fourth-order valence-corrected chi connectivity index (χ4v) is 3.12. The van der Waals surface area contributed by atoms with Crippen LogP contribution in [0.4, 0.5) is 16.7 Å². The van der Waals surface area contributed by atoms with E-state index in [1.165, 1.54) is 6.20 Å². The van der Waals surface area contributed by atoms with Gasteiger partial charge in [0.2, 0.25) is 17.8 Å². The Morgan fingerprint density at radius 3 is 2.65 bits per heavy atom. The second-order valence-electron chi connectivity index (χ2n) is 6.56. The molecule has 0 radical (unpaired) electrons. The minimum absolute atomic E-state index is 0.138. The number of fused-ring (bicyclic) bond motifs is 2. The molecule has 2 amide bonds. The van der Waals surface area contributed by atoms with Crippen LogP contribution in [-0.2, 0) is 0 Å². The molecule has 0 saturated carbocycles. The first kappa shape index (κ1) is 18.3. The molecule has 0 saturated heterocycles. The number of pyridine rings is 1. The van der Waals surface area contributed by atoms with Crippen molar-refractivity contribution in [3.63, 3.8) is 0 Å². The summed E-state index contributed by atoms with van der Waals surface area (Å²) in [6.45, 7) is 0. The number of carbonyl (C=O) groups excluding carboxylic acids is 2. The number of hydrogen-bond donors (Lipinski definition) is 4. The van der Waals surface area contributed by atoms with Crippen LogP contribution in [0.1, 0.15) is 10.4 Å². The number of para-hydroxylation sites is 1. The number of imidazole rings is 2. The summed E-state index contributed by atoms with van der Waals surface area (Å²) in [6.07, 6.45) is 4.00. The summed E-state index contributed by atoms with van der Waals surface area (Å²) in [5.41, 5.74) is 1.32. The number of amides is 2. The number of anilines is 2. The number of aromatic nitrogens is 5. The van der Waals surface area contributed by atoms with Crippen LogP contribution in [0.25, 0.3) is 21.8 Å². The van der Waals surface area contributed by atoms with Gasteiger partial charge in [0.15, 0.2) is 0 Å². The molecule has 4 N–H and O–H groups in total. The molecule has 0 atom stereocenters. The third-order valence-corrected chi connectivity index (χ3v) is 4.52. The highest BCUT2D eigenvalue weighted by molar-refractivity contribution is 6.11. The fourth-order valence-electron chi connectivity index (χ4n) is 3.12. The van der Waals surface area contributed by atoms with Crippen LogP contribution in [0.5, 0.6) is 5.88 Å². The Kier molecular flexibility index (Phi) is 4.49. The largest absolute Gasteiger partial charge is 0.420 e. The molecule has 5 rings (SSSR count). The van der Waals surface area contributed by atoms with Gasteiger partial charge >= 0.3 is 6.09 Å². The molecular formula is C21H15N7O3. The lowest BCUT2D eigenvalue weighted by Crippen LogP contribution is -2.18. The van der Waals surface area contributed by atoms with Gasteiger partial charge < -0.3 is 14.7 Å². The van der Waals surface area contributed by atoms with Gasteiger partial charge in [0.1, 0.15) is 0 Å². The number of aromatic amines is 2. The van der Waals surface area contributed by atoms with Crippen LogP contribution < -0.4 is 15.4 Å². The fraction of sp³-hybridized carbons (Fsp3) is 0. The average Bonchev–Trinajstić information content (AvgIpc) is 3.42. The topological polar surface area (TPSA) is 138 Å². The molecule has 2 aromatic carbocycles.